The fourth-order valence-electron chi connectivity index (χ4n) is 4.51. The van der Waals surface area contributed by atoms with Gasteiger partial charge in [0.15, 0.2) is 17.3 Å². The smallest absolute Gasteiger partial charge is 0.545 e. The molecule has 0 fully saturated rings. The van der Waals surface area contributed by atoms with E-state index in [0.717, 1.165) is 17.3 Å². The van der Waals surface area contributed by atoms with Crippen LogP contribution in [0.4, 0.5) is 0 Å². The van der Waals surface area contributed by atoms with E-state index in [1.807, 2.05) is 30.3 Å². The Bertz CT molecular complexity index is 1750. The van der Waals surface area contributed by atoms with Crippen molar-refractivity contribution in [3.8, 4) is 17.2 Å². The van der Waals surface area contributed by atoms with Gasteiger partial charge in [-0.25, -0.2) is 0 Å². The molecule has 1 aromatic heterocycles. The molecule has 5 aromatic rings. The van der Waals surface area contributed by atoms with Gasteiger partial charge in [0, 0.05) is 23.1 Å². The van der Waals surface area contributed by atoms with Crippen LogP contribution in [0.2, 0.25) is 0 Å². The molecule has 0 N–H and O–H groups in total. The first-order valence-corrected chi connectivity index (χ1v) is 13.2. The number of hydrogen-bond acceptors (Lipinski definition) is 9. The van der Waals surface area contributed by atoms with Crippen molar-refractivity contribution in [2.24, 2.45) is 0 Å². The van der Waals surface area contributed by atoms with Gasteiger partial charge >= 0.3 is 29.6 Å². The number of carbonyl (C=O) groups is 2. The minimum absolute atomic E-state index is 0. The third-order valence-electron chi connectivity index (χ3n) is 6.51. The van der Waals surface area contributed by atoms with Crippen LogP contribution in [0.3, 0.4) is 0 Å². The van der Waals surface area contributed by atoms with Crippen molar-refractivity contribution in [2.45, 2.75) is 13.0 Å². The van der Waals surface area contributed by atoms with Crippen molar-refractivity contribution in [3.05, 3.63) is 119 Å². The van der Waals surface area contributed by atoms with Crippen molar-refractivity contribution in [1.82, 2.24) is 8.75 Å². The summed E-state index contributed by atoms with van der Waals surface area (Å²) in [6.45, 7) is 0.483. The Morgan fingerprint density at radius 3 is 2.32 bits per heavy atom. The number of benzene rings is 4. The number of allylic oxidation sites excluding steroid dienone is 1. The fraction of sp³-hybridized carbons (Fsp3) is 0.0968. The van der Waals surface area contributed by atoms with E-state index in [0.29, 0.717) is 51.6 Å². The van der Waals surface area contributed by atoms with Crippen molar-refractivity contribution < 1.29 is 58.5 Å². The predicted octanol–water partition coefficient (Wildman–Crippen LogP) is 1.63. The first-order chi connectivity index (χ1) is 19.5. The summed E-state index contributed by atoms with van der Waals surface area (Å²) < 4.78 is 25.1. The Morgan fingerprint density at radius 2 is 1.54 bits per heavy atom. The van der Waals surface area contributed by atoms with Gasteiger partial charge < -0.3 is 24.1 Å². The van der Waals surface area contributed by atoms with E-state index in [4.69, 9.17) is 14.2 Å². The molecule has 1 aliphatic heterocycles. The average molecular weight is 573 g/mol. The minimum atomic E-state index is -1.46. The topological polar surface area (TPSA) is 111 Å². The Labute approximate surface area is 261 Å². The van der Waals surface area contributed by atoms with E-state index in [-0.39, 0.29) is 53.9 Å². The first kappa shape index (κ1) is 28.5. The molecule has 0 saturated heterocycles. The van der Waals surface area contributed by atoms with E-state index in [1.165, 1.54) is 0 Å². The largest absolute Gasteiger partial charge is 1.00 e. The molecule has 0 amide bonds. The molecule has 41 heavy (non-hydrogen) atoms. The molecule has 4 aromatic carbocycles. The van der Waals surface area contributed by atoms with Crippen molar-refractivity contribution in [3.63, 3.8) is 0 Å². The molecule has 198 valence electrons. The molecule has 0 aliphatic carbocycles. The number of ketones is 1. The van der Waals surface area contributed by atoms with Gasteiger partial charge in [0.25, 0.3) is 0 Å². The predicted molar refractivity (Wildman–Crippen MR) is 147 cm³/mol. The molecule has 0 bridgehead atoms. The third kappa shape index (κ3) is 6.34. The summed E-state index contributed by atoms with van der Waals surface area (Å²) in [6.07, 6.45) is 0.0262. The number of carbonyl (C=O) groups excluding carboxylic acids is 2. The second kappa shape index (κ2) is 12.7. The number of rotatable bonds is 9. The number of carboxylic acids is 1. The number of fused-ring (bicyclic) bond motifs is 2. The van der Waals surface area contributed by atoms with Crippen LogP contribution in [-0.4, -0.2) is 27.3 Å². The van der Waals surface area contributed by atoms with Crippen molar-refractivity contribution >= 4 is 40.1 Å². The maximum absolute atomic E-state index is 13.9. The molecule has 6 rings (SSSR count). The molecular formula is C31H21N2NaO6S. The zero-order valence-electron chi connectivity index (χ0n) is 22.0. The Morgan fingerprint density at radius 1 is 0.805 bits per heavy atom. The Balaban J connectivity index is 0.00000337. The molecule has 1 aliphatic rings. The van der Waals surface area contributed by atoms with E-state index in [1.54, 1.807) is 60.7 Å². The van der Waals surface area contributed by atoms with Gasteiger partial charge in [-0.05, 0) is 65.2 Å². The summed E-state index contributed by atoms with van der Waals surface area (Å²) in [5.41, 5.74) is 3.37. The van der Waals surface area contributed by atoms with Crippen LogP contribution in [0.1, 0.15) is 27.0 Å². The number of aliphatic carboxylic acids is 1. The zero-order chi connectivity index (χ0) is 27.5. The van der Waals surface area contributed by atoms with E-state index in [2.05, 4.69) is 8.75 Å². The second-order valence-corrected chi connectivity index (χ2v) is 9.63. The molecule has 10 heteroatoms. The van der Waals surface area contributed by atoms with Crippen LogP contribution in [0, 0.1) is 0 Å². The molecule has 0 unspecified atom stereocenters. The molecular weight excluding hydrogens is 551 g/mol. The van der Waals surface area contributed by atoms with Gasteiger partial charge in [-0.15, -0.1) is 0 Å². The second-order valence-electron chi connectivity index (χ2n) is 9.10. The van der Waals surface area contributed by atoms with Crippen molar-refractivity contribution in [2.75, 3.05) is 6.79 Å². The summed E-state index contributed by atoms with van der Waals surface area (Å²) >= 11 is 1.03. The first-order valence-electron chi connectivity index (χ1n) is 12.4. The molecule has 0 saturated carbocycles. The van der Waals surface area contributed by atoms with Gasteiger partial charge in [-0.2, -0.15) is 8.75 Å². The Kier molecular flexibility index (Phi) is 8.80. The quantitative estimate of drug-likeness (QED) is 0.149. The van der Waals surface area contributed by atoms with Crippen molar-refractivity contribution in [1.29, 1.82) is 0 Å². The minimum Gasteiger partial charge on any atom is -0.545 e. The summed E-state index contributed by atoms with van der Waals surface area (Å²) in [5.74, 6) is -0.191. The van der Waals surface area contributed by atoms with Gasteiger partial charge in [0.1, 0.15) is 23.4 Å². The molecule has 0 spiro atoms. The summed E-state index contributed by atoms with van der Waals surface area (Å²) in [6, 6.07) is 26.5. The summed E-state index contributed by atoms with van der Waals surface area (Å²) in [7, 11) is 0. The molecule has 8 nitrogen and oxygen atoms in total. The van der Waals surface area contributed by atoms with Crippen LogP contribution < -0.4 is 48.9 Å². The number of hydrogen-bond donors (Lipinski definition) is 0. The average Bonchev–Trinajstić information content (AvgIpc) is 3.65. The number of aromatic nitrogens is 2. The maximum atomic E-state index is 13.9. The number of Topliss-reactive ketones (excluding diaryl/α,β-unsaturated/α-hetero) is 1. The van der Waals surface area contributed by atoms with Crippen LogP contribution in [-0.2, 0) is 17.8 Å². The number of carboxylic acid groups (broad SMARTS) is 1. The monoisotopic (exact) mass is 572 g/mol. The van der Waals surface area contributed by atoms with E-state index in [9.17, 15) is 14.7 Å². The fourth-order valence-corrected chi connectivity index (χ4v) is 5.03. The molecule has 0 radical (unpaired) electrons. The number of nitrogens with zero attached hydrogens (tertiary/aromatic N) is 2. The van der Waals surface area contributed by atoms with Gasteiger partial charge in [-0.1, -0.05) is 42.5 Å². The van der Waals surface area contributed by atoms with Crippen LogP contribution in [0.25, 0.3) is 16.6 Å². The third-order valence-corrected chi connectivity index (χ3v) is 7.06. The zero-order valence-corrected chi connectivity index (χ0v) is 24.9. The van der Waals surface area contributed by atoms with Gasteiger partial charge in [0.2, 0.25) is 6.79 Å². The SMILES string of the molecule is O=C([O-])/C(=C(\Cc1ccc2c(c1)OCO2)C(=O)c1ccc(OCc2ccccc2)cc1)c1ccc2nsnc2c1.[Na+]. The standard InChI is InChI=1S/C31H22N2O6S.Na/c34-30(21-7-10-23(11-8-21)37-17-19-4-2-1-3-5-19)24(14-20-6-13-27-28(15-20)39-18-38-27)29(31(35)36)22-9-12-25-26(16-22)33-40-32-25;/h1-13,15-16H,14,17-18H2,(H,35,36);/q;+1/p-1/b29-24+;. The maximum Gasteiger partial charge on any atom is 1.00 e. The van der Waals surface area contributed by atoms with Crippen LogP contribution in [0.15, 0.2) is 96.6 Å². The molecule has 0 atom stereocenters. The van der Waals surface area contributed by atoms with E-state index < -0.39 is 11.8 Å². The van der Waals surface area contributed by atoms with Gasteiger partial charge in [0.05, 0.1) is 17.7 Å². The number of ether oxygens (including phenoxy) is 3. The molecule has 2 heterocycles. The van der Waals surface area contributed by atoms with Crippen LogP contribution in [0.5, 0.6) is 17.2 Å². The van der Waals surface area contributed by atoms with Gasteiger partial charge in [-0.3, -0.25) is 4.79 Å². The summed E-state index contributed by atoms with van der Waals surface area (Å²) in [5, 5.41) is 12.6. The van der Waals surface area contributed by atoms with Crippen LogP contribution >= 0.6 is 11.7 Å². The summed E-state index contributed by atoms with van der Waals surface area (Å²) in [4.78, 5) is 26.5. The normalized spacial score (nSPS) is 12.4. The Hall–Kier alpha value is -4.02. The van der Waals surface area contributed by atoms with E-state index >= 15 is 0 Å².